The molecule has 0 aromatic heterocycles. The zero-order chi connectivity index (χ0) is 12.0. The number of rotatable bonds is 1. The van der Waals surface area contributed by atoms with Gasteiger partial charge < -0.3 is 0 Å². The van der Waals surface area contributed by atoms with E-state index in [2.05, 4.69) is 24.5 Å². The quantitative estimate of drug-likeness (QED) is 0.696. The van der Waals surface area contributed by atoms with E-state index < -0.39 is 0 Å². The number of ketones is 1. The van der Waals surface area contributed by atoms with Crippen molar-refractivity contribution in [3.05, 3.63) is 47.5 Å². The van der Waals surface area contributed by atoms with Gasteiger partial charge in [-0.05, 0) is 47.9 Å². The molecule has 0 amide bonds. The van der Waals surface area contributed by atoms with Crippen molar-refractivity contribution >= 4 is 33.9 Å². The molecule has 0 spiro atoms. The Balaban J connectivity index is 2.52. The van der Waals surface area contributed by atoms with Crippen molar-refractivity contribution in [2.75, 3.05) is 6.26 Å². The molecular weight excluding hydrogens is 228 g/mol. The Bertz CT molecular complexity index is 668. The van der Waals surface area contributed by atoms with Crippen molar-refractivity contribution in [1.29, 1.82) is 0 Å². The maximum absolute atomic E-state index is 12.0. The third-order valence-electron chi connectivity index (χ3n) is 3.26. The fourth-order valence-electron chi connectivity index (χ4n) is 2.44. The van der Waals surface area contributed by atoms with E-state index in [0.29, 0.717) is 0 Å². The number of hydrogen-bond donors (Lipinski definition) is 0. The highest BCUT2D eigenvalue weighted by molar-refractivity contribution is 7.98. The molecule has 0 unspecified atom stereocenters. The predicted molar refractivity (Wildman–Crippen MR) is 73.7 cm³/mol. The maximum Gasteiger partial charge on any atom is 0.186 e. The van der Waals surface area contributed by atoms with E-state index in [1.54, 1.807) is 17.8 Å². The lowest BCUT2D eigenvalue weighted by atomic mass is 9.88. The molecule has 0 aliphatic heterocycles. The van der Waals surface area contributed by atoms with Crippen molar-refractivity contribution in [2.45, 2.75) is 11.8 Å². The van der Waals surface area contributed by atoms with E-state index in [-0.39, 0.29) is 5.78 Å². The smallest absolute Gasteiger partial charge is 0.186 e. The average Bonchev–Trinajstić information content (AvgIpc) is 2.35. The lowest BCUT2D eigenvalue weighted by molar-refractivity contribution is 0.104. The largest absolute Gasteiger partial charge is 0.289 e. The van der Waals surface area contributed by atoms with E-state index in [0.717, 1.165) is 16.5 Å². The minimum absolute atomic E-state index is 0.124. The first kappa shape index (κ1) is 10.6. The molecule has 0 saturated carbocycles. The standard InChI is InChI=1S/C15H12OS/c1-9-8-13(16)11-6-7-14(17-2)12-5-3-4-10(9)15(11)12/h3-8H,1-2H3. The van der Waals surface area contributed by atoms with Gasteiger partial charge in [0.15, 0.2) is 5.78 Å². The highest BCUT2D eigenvalue weighted by Crippen LogP contribution is 2.36. The lowest BCUT2D eigenvalue weighted by Crippen LogP contribution is -2.04. The summed E-state index contributed by atoms with van der Waals surface area (Å²) in [5, 5.41) is 2.30. The van der Waals surface area contributed by atoms with Crippen LogP contribution in [0.25, 0.3) is 16.3 Å². The molecular formula is C15H12OS. The first-order valence-electron chi connectivity index (χ1n) is 5.55. The molecule has 3 rings (SSSR count). The van der Waals surface area contributed by atoms with Gasteiger partial charge in [0.2, 0.25) is 0 Å². The Morgan fingerprint density at radius 2 is 1.88 bits per heavy atom. The van der Waals surface area contributed by atoms with Gasteiger partial charge in [-0.1, -0.05) is 18.2 Å². The molecule has 1 nitrogen and oxygen atoms in total. The van der Waals surface area contributed by atoms with Gasteiger partial charge in [-0.15, -0.1) is 11.8 Å². The van der Waals surface area contributed by atoms with E-state index in [9.17, 15) is 4.79 Å². The molecule has 1 aliphatic carbocycles. The van der Waals surface area contributed by atoms with Crippen LogP contribution < -0.4 is 0 Å². The summed E-state index contributed by atoms with van der Waals surface area (Å²) in [6.07, 6.45) is 3.80. The Morgan fingerprint density at radius 1 is 1.06 bits per heavy atom. The Labute approximate surface area is 105 Å². The molecule has 17 heavy (non-hydrogen) atoms. The minimum Gasteiger partial charge on any atom is -0.289 e. The van der Waals surface area contributed by atoms with Gasteiger partial charge >= 0.3 is 0 Å². The van der Waals surface area contributed by atoms with E-state index in [1.165, 1.54) is 15.8 Å². The monoisotopic (exact) mass is 240 g/mol. The van der Waals surface area contributed by atoms with Gasteiger partial charge in [-0.3, -0.25) is 4.79 Å². The molecule has 0 bridgehead atoms. The molecule has 1 aliphatic rings. The van der Waals surface area contributed by atoms with Crippen molar-refractivity contribution in [3.8, 4) is 0 Å². The lowest BCUT2D eigenvalue weighted by Gasteiger charge is -2.17. The molecule has 0 saturated heterocycles. The fourth-order valence-corrected chi connectivity index (χ4v) is 3.04. The molecule has 0 radical (unpaired) electrons. The average molecular weight is 240 g/mol. The third-order valence-corrected chi connectivity index (χ3v) is 4.05. The summed E-state index contributed by atoms with van der Waals surface area (Å²) in [6.45, 7) is 2.00. The maximum atomic E-state index is 12.0. The van der Waals surface area contributed by atoms with Gasteiger partial charge in [0.25, 0.3) is 0 Å². The zero-order valence-corrected chi connectivity index (χ0v) is 10.6. The number of carbonyl (C=O) groups excluding carboxylic acids is 1. The topological polar surface area (TPSA) is 17.1 Å². The molecule has 0 atom stereocenters. The van der Waals surface area contributed by atoms with E-state index >= 15 is 0 Å². The van der Waals surface area contributed by atoms with Crippen LogP contribution in [0.15, 0.2) is 41.3 Å². The number of allylic oxidation sites excluding steroid dienone is 2. The van der Waals surface area contributed by atoms with Crippen LogP contribution >= 0.6 is 11.8 Å². The molecule has 2 aromatic rings. The van der Waals surface area contributed by atoms with Crippen LogP contribution in [-0.2, 0) is 0 Å². The van der Waals surface area contributed by atoms with Gasteiger partial charge in [0.05, 0.1) is 0 Å². The summed E-state index contributed by atoms with van der Waals surface area (Å²) < 4.78 is 0. The summed E-state index contributed by atoms with van der Waals surface area (Å²) in [4.78, 5) is 13.2. The Morgan fingerprint density at radius 3 is 2.65 bits per heavy atom. The molecule has 0 N–H and O–H groups in total. The second-order valence-electron chi connectivity index (χ2n) is 4.24. The van der Waals surface area contributed by atoms with Gasteiger partial charge in [-0.2, -0.15) is 0 Å². The van der Waals surface area contributed by atoms with Crippen LogP contribution in [0.4, 0.5) is 0 Å². The van der Waals surface area contributed by atoms with Crippen LogP contribution in [0.2, 0.25) is 0 Å². The summed E-state index contributed by atoms with van der Waals surface area (Å²) in [5.74, 6) is 0.124. The first-order chi connectivity index (χ1) is 8.22. The highest BCUT2D eigenvalue weighted by atomic mass is 32.2. The summed E-state index contributed by atoms with van der Waals surface area (Å²) in [6, 6.07) is 10.2. The zero-order valence-electron chi connectivity index (χ0n) is 9.78. The van der Waals surface area contributed by atoms with Crippen LogP contribution in [0, 0.1) is 0 Å². The molecule has 2 aromatic carbocycles. The van der Waals surface area contributed by atoms with Gasteiger partial charge in [-0.25, -0.2) is 0 Å². The van der Waals surface area contributed by atoms with Crippen LogP contribution in [-0.4, -0.2) is 12.0 Å². The number of hydrogen-bond acceptors (Lipinski definition) is 2. The van der Waals surface area contributed by atoms with E-state index in [1.807, 2.05) is 19.1 Å². The molecule has 0 heterocycles. The van der Waals surface area contributed by atoms with Crippen molar-refractivity contribution in [2.24, 2.45) is 0 Å². The van der Waals surface area contributed by atoms with Crippen LogP contribution in [0.5, 0.6) is 0 Å². The predicted octanol–water partition coefficient (Wildman–Crippen LogP) is 4.16. The summed E-state index contributed by atoms with van der Waals surface area (Å²) in [5.41, 5.74) is 3.08. The molecule has 2 heteroatoms. The first-order valence-corrected chi connectivity index (χ1v) is 6.77. The second kappa shape index (κ2) is 3.74. The fraction of sp³-hybridized carbons (Fsp3) is 0.133. The Hall–Kier alpha value is -1.54. The SMILES string of the molecule is CSc1ccc2c3c(cccc13)C(C)=CC2=O. The van der Waals surface area contributed by atoms with Crippen molar-refractivity contribution < 1.29 is 4.79 Å². The third kappa shape index (κ3) is 1.44. The minimum atomic E-state index is 0.124. The summed E-state index contributed by atoms with van der Waals surface area (Å²) >= 11 is 1.72. The Kier molecular flexibility index (Phi) is 2.33. The van der Waals surface area contributed by atoms with Crippen LogP contribution in [0.3, 0.4) is 0 Å². The highest BCUT2D eigenvalue weighted by Gasteiger charge is 2.19. The van der Waals surface area contributed by atoms with Gasteiger partial charge in [0, 0.05) is 15.8 Å². The van der Waals surface area contributed by atoms with E-state index in [4.69, 9.17) is 0 Å². The summed E-state index contributed by atoms with van der Waals surface area (Å²) in [7, 11) is 0. The number of carbonyl (C=O) groups is 1. The van der Waals surface area contributed by atoms with Crippen molar-refractivity contribution in [1.82, 2.24) is 0 Å². The van der Waals surface area contributed by atoms with Crippen LogP contribution in [0.1, 0.15) is 22.8 Å². The number of benzene rings is 2. The molecule has 0 fully saturated rings. The normalized spacial score (nSPS) is 14.0. The van der Waals surface area contributed by atoms with Gasteiger partial charge in [0.1, 0.15) is 0 Å². The second-order valence-corrected chi connectivity index (χ2v) is 5.08. The number of thioether (sulfide) groups is 1. The molecule has 84 valence electrons. The van der Waals surface area contributed by atoms with Crippen molar-refractivity contribution in [3.63, 3.8) is 0 Å².